The Kier molecular flexibility index (Phi) is 5.98. The van der Waals surface area contributed by atoms with Crippen molar-refractivity contribution in [1.82, 2.24) is 5.32 Å². The number of thioether (sulfide) groups is 1. The van der Waals surface area contributed by atoms with Crippen LogP contribution in [0.15, 0.2) is 0 Å². The number of hydrogen-bond donors (Lipinski definition) is 1. The van der Waals surface area contributed by atoms with Gasteiger partial charge in [0.25, 0.3) is 0 Å². The molecule has 0 aromatic heterocycles. The highest BCUT2D eigenvalue weighted by Gasteiger charge is 2.17. The second-order valence-electron chi connectivity index (χ2n) is 3.17. The van der Waals surface area contributed by atoms with Gasteiger partial charge in [-0.15, -0.1) is 0 Å². The van der Waals surface area contributed by atoms with E-state index >= 15 is 0 Å². The van der Waals surface area contributed by atoms with Crippen LogP contribution in [0.2, 0.25) is 0 Å². The van der Waals surface area contributed by atoms with Crippen molar-refractivity contribution >= 4 is 17.7 Å². The molecule has 0 radical (unpaired) electrons. The number of carbonyl (C=O) groups excluding carboxylic acids is 1. The number of rotatable bonds is 6. The molecule has 4 nitrogen and oxygen atoms in total. The molecule has 1 heterocycles. The molecule has 0 aliphatic carbocycles. The minimum atomic E-state index is -0.0198. The average molecular weight is 219 g/mol. The van der Waals surface area contributed by atoms with E-state index in [1.165, 1.54) is 0 Å². The quantitative estimate of drug-likeness (QED) is 0.651. The molecule has 1 aliphatic heterocycles. The first kappa shape index (κ1) is 11.8. The number of carbonyl (C=O) groups is 1. The smallest absolute Gasteiger partial charge is 0.246 e. The highest BCUT2D eigenvalue weighted by atomic mass is 32.2. The first-order valence-corrected chi connectivity index (χ1v) is 5.92. The van der Waals surface area contributed by atoms with Crippen molar-refractivity contribution in [3.8, 4) is 0 Å². The lowest BCUT2D eigenvalue weighted by molar-refractivity contribution is -0.126. The molecule has 1 aliphatic rings. The molecule has 0 aromatic carbocycles. The van der Waals surface area contributed by atoms with Crippen molar-refractivity contribution in [3.05, 3.63) is 0 Å². The Hall–Kier alpha value is -0.260. The number of methoxy groups -OCH3 is 1. The highest BCUT2D eigenvalue weighted by Crippen LogP contribution is 2.16. The summed E-state index contributed by atoms with van der Waals surface area (Å²) >= 11 is 1.88. The Morgan fingerprint density at radius 1 is 1.57 bits per heavy atom. The lowest BCUT2D eigenvalue weighted by Gasteiger charge is -2.11. The van der Waals surface area contributed by atoms with Gasteiger partial charge >= 0.3 is 0 Å². The molecule has 1 rings (SSSR count). The summed E-state index contributed by atoms with van der Waals surface area (Å²) < 4.78 is 9.90. The molecule has 1 N–H and O–H groups in total. The van der Waals surface area contributed by atoms with Crippen molar-refractivity contribution in [2.75, 3.05) is 38.4 Å². The number of amides is 1. The summed E-state index contributed by atoms with van der Waals surface area (Å²) in [6.07, 6.45) is 1.08. The first-order valence-electron chi connectivity index (χ1n) is 4.76. The lowest BCUT2D eigenvalue weighted by Crippen LogP contribution is -2.37. The highest BCUT2D eigenvalue weighted by molar-refractivity contribution is 7.99. The van der Waals surface area contributed by atoms with Gasteiger partial charge < -0.3 is 14.8 Å². The molecule has 5 heteroatoms. The van der Waals surface area contributed by atoms with Gasteiger partial charge in [0.15, 0.2) is 0 Å². The molecular weight excluding hydrogens is 202 g/mol. The zero-order chi connectivity index (χ0) is 10.2. The normalized spacial score (nSPS) is 21.1. The zero-order valence-electron chi connectivity index (χ0n) is 8.45. The molecule has 82 valence electrons. The zero-order valence-corrected chi connectivity index (χ0v) is 9.27. The van der Waals surface area contributed by atoms with Gasteiger partial charge in [-0.25, -0.2) is 0 Å². The standard InChI is InChI=1S/C9H17NO3S/c1-12-3-4-13-6-9(11)10-8-2-5-14-7-8/h8H,2-7H2,1H3,(H,10,11). The maximum atomic E-state index is 11.3. The van der Waals surface area contributed by atoms with Crippen molar-refractivity contribution in [2.24, 2.45) is 0 Å². The van der Waals surface area contributed by atoms with E-state index in [1.54, 1.807) is 7.11 Å². The van der Waals surface area contributed by atoms with Gasteiger partial charge in [-0.1, -0.05) is 0 Å². The average Bonchev–Trinajstić information content (AvgIpc) is 2.65. The van der Waals surface area contributed by atoms with Crippen molar-refractivity contribution < 1.29 is 14.3 Å². The third-order valence-electron chi connectivity index (χ3n) is 1.96. The second-order valence-corrected chi connectivity index (χ2v) is 4.32. The summed E-state index contributed by atoms with van der Waals surface area (Å²) in [5.41, 5.74) is 0. The Morgan fingerprint density at radius 2 is 2.43 bits per heavy atom. The van der Waals surface area contributed by atoms with Crippen LogP contribution in [0.25, 0.3) is 0 Å². The van der Waals surface area contributed by atoms with Gasteiger partial charge in [0.1, 0.15) is 6.61 Å². The Bertz CT molecular complexity index is 171. The van der Waals surface area contributed by atoms with E-state index in [-0.39, 0.29) is 12.5 Å². The molecule has 0 saturated carbocycles. The van der Waals surface area contributed by atoms with Gasteiger partial charge in [-0.2, -0.15) is 11.8 Å². The van der Waals surface area contributed by atoms with E-state index in [9.17, 15) is 4.79 Å². The fraction of sp³-hybridized carbons (Fsp3) is 0.889. The van der Waals surface area contributed by atoms with Gasteiger partial charge in [0.2, 0.25) is 5.91 Å². The van der Waals surface area contributed by atoms with Crippen LogP contribution in [-0.2, 0) is 14.3 Å². The monoisotopic (exact) mass is 219 g/mol. The van der Waals surface area contributed by atoms with Crippen molar-refractivity contribution in [1.29, 1.82) is 0 Å². The van der Waals surface area contributed by atoms with E-state index in [0.717, 1.165) is 17.9 Å². The summed E-state index contributed by atoms with van der Waals surface area (Å²) in [4.78, 5) is 11.3. The van der Waals surface area contributed by atoms with E-state index in [4.69, 9.17) is 9.47 Å². The first-order chi connectivity index (χ1) is 6.83. The van der Waals surface area contributed by atoms with Crippen LogP contribution in [0.3, 0.4) is 0 Å². The van der Waals surface area contributed by atoms with Gasteiger partial charge in [0, 0.05) is 18.9 Å². The third-order valence-corrected chi connectivity index (χ3v) is 3.12. The van der Waals surface area contributed by atoms with Gasteiger partial charge in [-0.3, -0.25) is 4.79 Å². The SMILES string of the molecule is COCCOCC(=O)NC1CCSC1. The van der Waals surface area contributed by atoms with Gasteiger partial charge in [0.05, 0.1) is 13.2 Å². The lowest BCUT2D eigenvalue weighted by atomic mass is 10.2. The summed E-state index contributed by atoms with van der Waals surface area (Å²) in [6.45, 7) is 1.15. The van der Waals surface area contributed by atoms with Crippen LogP contribution in [-0.4, -0.2) is 50.4 Å². The number of ether oxygens (including phenoxy) is 2. The van der Waals surface area contributed by atoms with E-state index < -0.39 is 0 Å². The van der Waals surface area contributed by atoms with E-state index in [1.807, 2.05) is 11.8 Å². The number of hydrogen-bond acceptors (Lipinski definition) is 4. The molecule has 0 aromatic rings. The van der Waals surface area contributed by atoms with Crippen molar-refractivity contribution in [2.45, 2.75) is 12.5 Å². The fourth-order valence-corrected chi connectivity index (χ4v) is 2.38. The minimum Gasteiger partial charge on any atom is -0.382 e. The van der Waals surface area contributed by atoms with E-state index in [0.29, 0.717) is 19.3 Å². The summed E-state index contributed by atoms with van der Waals surface area (Å²) in [5.74, 6) is 2.16. The fourth-order valence-electron chi connectivity index (χ4n) is 1.22. The summed E-state index contributed by atoms with van der Waals surface area (Å²) in [5, 5.41) is 2.93. The molecule has 1 saturated heterocycles. The van der Waals surface area contributed by atoms with Crippen LogP contribution in [0, 0.1) is 0 Å². The van der Waals surface area contributed by atoms with Crippen LogP contribution in [0.5, 0.6) is 0 Å². The summed E-state index contributed by atoms with van der Waals surface area (Å²) in [7, 11) is 1.61. The number of nitrogens with one attached hydrogen (secondary N) is 1. The molecule has 1 fully saturated rings. The van der Waals surface area contributed by atoms with Crippen LogP contribution in [0.1, 0.15) is 6.42 Å². The van der Waals surface area contributed by atoms with Crippen LogP contribution in [0.4, 0.5) is 0 Å². The Labute approximate surface area is 88.7 Å². The molecule has 1 amide bonds. The minimum absolute atomic E-state index is 0.0198. The molecule has 0 spiro atoms. The van der Waals surface area contributed by atoms with Crippen LogP contribution < -0.4 is 5.32 Å². The van der Waals surface area contributed by atoms with Crippen molar-refractivity contribution in [3.63, 3.8) is 0 Å². The topological polar surface area (TPSA) is 47.6 Å². The molecule has 1 atom stereocenters. The largest absolute Gasteiger partial charge is 0.382 e. The van der Waals surface area contributed by atoms with Gasteiger partial charge in [-0.05, 0) is 12.2 Å². The maximum Gasteiger partial charge on any atom is 0.246 e. The Balaban J connectivity index is 1.98. The third kappa shape index (κ3) is 4.83. The Morgan fingerprint density at radius 3 is 3.07 bits per heavy atom. The predicted molar refractivity (Wildman–Crippen MR) is 56.6 cm³/mol. The molecule has 1 unspecified atom stereocenters. The summed E-state index contributed by atoms with van der Waals surface area (Å²) in [6, 6.07) is 0.346. The molecular formula is C9H17NO3S. The maximum absolute atomic E-state index is 11.3. The molecule has 0 bridgehead atoms. The molecule has 14 heavy (non-hydrogen) atoms. The second kappa shape index (κ2) is 7.09. The van der Waals surface area contributed by atoms with E-state index in [2.05, 4.69) is 5.32 Å². The van der Waals surface area contributed by atoms with Crippen LogP contribution >= 0.6 is 11.8 Å². The predicted octanol–water partition coefficient (Wildman–Crippen LogP) is 0.271.